The fourth-order valence-electron chi connectivity index (χ4n) is 1.69. The van der Waals surface area contributed by atoms with Crippen LogP contribution in [0.5, 0.6) is 0 Å². The van der Waals surface area contributed by atoms with Gasteiger partial charge in [0.25, 0.3) is 0 Å². The molecule has 0 amide bonds. The third-order valence-electron chi connectivity index (χ3n) is 2.63. The number of halogens is 1. The molecule has 0 bridgehead atoms. The number of rotatable bonds is 4. The molecule has 2 rings (SSSR count). The summed E-state index contributed by atoms with van der Waals surface area (Å²) in [5, 5.41) is 7.27. The van der Waals surface area contributed by atoms with E-state index < -0.39 is 0 Å². The van der Waals surface area contributed by atoms with Crippen molar-refractivity contribution in [1.82, 2.24) is 10.5 Å². The SMILES string of the molecule is Cc1cc(CNC(C)c2ccccc2Br)on1. The van der Waals surface area contributed by atoms with E-state index in [0.29, 0.717) is 6.54 Å². The van der Waals surface area contributed by atoms with Crippen LogP contribution in [-0.4, -0.2) is 5.16 Å². The highest BCUT2D eigenvalue weighted by Gasteiger charge is 2.09. The molecule has 1 atom stereocenters. The maximum absolute atomic E-state index is 5.16. The molecule has 90 valence electrons. The van der Waals surface area contributed by atoms with Crippen molar-refractivity contribution in [2.75, 3.05) is 0 Å². The van der Waals surface area contributed by atoms with Gasteiger partial charge in [-0.25, -0.2) is 0 Å². The van der Waals surface area contributed by atoms with Gasteiger partial charge in [0.2, 0.25) is 0 Å². The fraction of sp³-hybridized carbons (Fsp3) is 0.308. The van der Waals surface area contributed by atoms with Crippen LogP contribution >= 0.6 is 15.9 Å². The average molecular weight is 295 g/mol. The Hall–Kier alpha value is -1.13. The predicted molar refractivity (Wildman–Crippen MR) is 70.6 cm³/mol. The molecule has 2 aromatic rings. The molecule has 0 spiro atoms. The average Bonchev–Trinajstić information content (AvgIpc) is 2.73. The van der Waals surface area contributed by atoms with Gasteiger partial charge in [-0.15, -0.1) is 0 Å². The zero-order valence-corrected chi connectivity index (χ0v) is 11.5. The highest BCUT2D eigenvalue weighted by atomic mass is 79.9. The van der Waals surface area contributed by atoms with E-state index in [4.69, 9.17) is 4.52 Å². The van der Waals surface area contributed by atoms with Crippen LogP contribution in [0.2, 0.25) is 0 Å². The Morgan fingerprint density at radius 1 is 1.41 bits per heavy atom. The van der Waals surface area contributed by atoms with E-state index in [9.17, 15) is 0 Å². The third-order valence-corrected chi connectivity index (χ3v) is 3.35. The van der Waals surface area contributed by atoms with Crippen molar-refractivity contribution in [2.24, 2.45) is 0 Å². The summed E-state index contributed by atoms with van der Waals surface area (Å²) in [4.78, 5) is 0. The van der Waals surface area contributed by atoms with Gasteiger partial charge in [-0.1, -0.05) is 39.3 Å². The molecule has 1 heterocycles. The van der Waals surface area contributed by atoms with Crippen LogP contribution in [0.25, 0.3) is 0 Å². The lowest BCUT2D eigenvalue weighted by Crippen LogP contribution is -2.18. The number of nitrogens with one attached hydrogen (secondary N) is 1. The summed E-state index contributed by atoms with van der Waals surface area (Å²) in [6.45, 7) is 4.73. The lowest BCUT2D eigenvalue weighted by Gasteiger charge is -2.14. The van der Waals surface area contributed by atoms with Gasteiger partial charge >= 0.3 is 0 Å². The van der Waals surface area contributed by atoms with Crippen molar-refractivity contribution in [3.8, 4) is 0 Å². The highest BCUT2D eigenvalue weighted by Crippen LogP contribution is 2.22. The Bertz CT molecular complexity index is 496. The molecule has 17 heavy (non-hydrogen) atoms. The summed E-state index contributed by atoms with van der Waals surface area (Å²) in [5.41, 5.74) is 2.15. The van der Waals surface area contributed by atoms with E-state index in [1.807, 2.05) is 31.2 Å². The van der Waals surface area contributed by atoms with Crippen LogP contribution in [0, 0.1) is 6.92 Å². The number of aryl methyl sites for hydroxylation is 1. The second kappa shape index (κ2) is 5.47. The molecule has 0 radical (unpaired) electrons. The van der Waals surface area contributed by atoms with Gasteiger partial charge in [-0.2, -0.15) is 0 Å². The van der Waals surface area contributed by atoms with Crippen molar-refractivity contribution in [3.05, 3.63) is 51.8 Å². The standard InChI is InChI=1S/C13H15BrN2O/c1-9-7-11(17-16-9)8-15-10(2)12-5-3-4-6-13(12)14/h3-7,10,15H,8H2,1-2H3. The van der Waals surface area contributed by atoms with E-state index in [-0.39, 0.29) is 6.04 Å². The largest absolute Gasteiger partial charge is 0.360 e. The van der Waals surface area contributed by atoms with Crippen molar-refractivity contribution in [2.45, 2.75) is 26.4 Å². The first-order valence-electron chi connectivity index (χ1n) is 5.57. The maximum Gasteiger partial charge on any atom is 0.150 e. The Kier molecular flexibility index (Phi) is 3.97. The van der Waals surface area contributed by atoms with Crippen LogP contribution < -0.4 is 5.32 Å². The molecule has 1 unspecified atom stereocenters. The second-order valence-corrected chi connectivity index (χ2v) is 4.91. The van der Waals surface area contributed by atoms with Gasteiger partial charge in [0.1, 0.15) is 0 Å². The van der Waals surface area contributed by atoms with Crippen LogP contribution in [0.3, 0.4) is 0 Å². The Balaban J connectivity index is 1.98. The lowest BCUT2D eigenvalue weighted by molar-refractivity contribution is 0.363. The molecule has 1 aromatic heterocycles. The van der Waals surface area contributed by atoms with Crippen LogP contribution in [0.1, 0.15) is 30.0 Å². The van der Waals surface area contributed by atoms with Gasteiger partial charge in [0.15, 0.2) is 5.76 Å². The fourth-order valence-corrected chi connectivity index (χ4v) is 2.32. The summed E-state index contributed by atoms with van der Waals surface area (Å²) < 4.78 is 6.28. The number of hydrogen-bond acceptors (Lipinski definition) is 3. The van der Waals surface area contributed by atoms with E-state index in [1.165, 1.54) is 5.56 Å². The zero-order chi connectivity index (χ0) is 12.3. The van der Waals surface area contributed by atoms with Gasteiger partial charge in [0, 0.05) is 16.6 Å². The van der Waals surface area contributed by atoms with E-state index >= 15 is 0 Å². The van der Waals surface area contributed by atoms with E-state index in [1.54, 1.807) is 0 Å². The monoisotopic (exact) mass is 294 g/mol. The van der Waals surface area contributed by atoms with Gasteiger partial charge in [-0.05, 0) is 25.5 Å². The Morgan fingerprint density at radius 3 is 2.82 bits per heavy atom. The number of nitrogens with zero attached hydrogens (tertiary/aromatic N) is 1. The van der Waals surface area contributed by atoms with Crippen molar-refractivity contribution < 1.29 is 4.52 Å². The smallest absolute Gasteiger partial charge is 0.150 e. The molecule has 3 nitrogen and oxygen atoms in total. The molecule has 0 saturated carbocycles. The summed E-state index contributed by atoms with van der Waals surface area (Å²) in [6, 6.07) is 10.4. The second-order valence-electron chi connectivity index (χ2n) is 4.06. The highest BCUT2D eigenvalue weighted by molar-refractivity contribution is 9.10. The lowest BCUT2D eigenvalue weighted by atomic mass is 10.1. The Labute approximate surface area is 109 Å². The molecule has 0 aliphatic carbocycles. The molecule has 4 heteroatoms. The van der Waals surface area contributed by atoms with Crippen LogP contribution in [-0.2, 0) is 6.54 Å². The summed E-state index contributed by atoms with van der Waals surface area (Å²) in [5.74, 6) is 0.862. The number of aromatic nitrogens is 1. The predicted octanol–water partition coefficient (Wildman–Crippen LogP) is 3.60. The minimum atomic E-state index is 0.260. The molecule has 0 fully saturated rings. The van der Waals surface area contributed by atoms with E-state index in [0.717, 1.165) is 15.9 Å². The normalized spacial score (nSPS) is 12.6. The van der Waals surface area contributed by atoms with E-state index in [2.05, 4.69) is 39.4 Å². The zero-order valence-electron chi connectivity index (χ0n) is 9.90. The Morgan fingerprint density at radius 2 is 2.18 bits per heavy atom. The molecular formula is C13H15BrN2O. The summed E-state index contributed by atoms with van der Waals surface area (Å²) >= 11 is 3.55. The first-order valence-corrected chi connectivity index (χ1v) is 6.36. The van der Waals surface area contributed by atoms with Crippen molar-refractivity contribution in [3.63, 3.8) is 0 Å². The molecule has 1 aromatic carbocycles. The minimum Gasteiger partial charge on any atom is -0.360 e. The van der Waals surface area contributed by atoms with Gasteiger partial charge < -0.3 is 9.84 Å². The van der Waals surface area contributed by atoms with Crippen molar-refractivity contribution >= 4 is 15.9 Å². The summed E-state index contributed by atoms with van der Waals surface area (Å²) in [7, 11) is 0. The topological polar surface area (TPSA) is 38.1 Å². The third kappa shape index (κ3) is 3.17. The van der Waals surface area contributed by atoms with Gasteiger partial charge in [0.05, 0.1) is 12.2 Å². The molecule has 0 saturated heterocycles. The molecule has 1 N–H and O–H groups in total. The first kappa shape index (κ1) is 12.3. The number of benzene rings is 1. The maximum atomic E-state index is 5.16. The summed E-state index contributed by atoms with van der Waals surface area (Å²) in [6.07, 6.45) is 0. The van der Waals surface area contributed by atoms with Gasteiger partial charge in [-0.3, -0.25) is 0 Å². The molecular weight excluding hydrogens is 280 g/mol. The number of hydrogen-bond donors (Lipinski definition) is 1. The van der Waals surface area contributed by atoms with Crippen molar-refractivity contribution in [1.29, 1.82) is 0 Å². The molecule has 0 aliphatic rings. The van der Waals surface area contributed by atoms with Crippen LogP contribution in [0.15, 0.2) is 39.3 Å². The first-order chi connectivity index (χ1) is 8.16. The quantitative estimate of drug-likeness (QED) is 0.936. The minimum absolute atomic E-state index is 0.260. The van der Waals surface area contributed by atoms with Crippen LogP contribution in [0.4, 0.5) is 0 Å². The molecule has 0 aliphatic heterocycles.